The Kier molecular flexibility index (Phi) is 4.90. The van der Waals surface area contributed by atoms with Gasteiger partial charge in [0.05, 0.1) is 16.1 Å². The van der Waals surface area contributed by atoms with Gasteiger partial charge in [0.15, 0.2) is 0 Å². The van der Waals surface area contributed by atoms with Crippen molar-refractivity contribution in [2.24, 2.45) is 0 Å². The third kappa shape index (κ3) is 3.57. The van der Waals surface area contributed by atoms with Crippen LogP contribution in [0.2, 0.25) is 5.02 Å². The highest BCUT2D eigenvalue weighted by molar-refractivity contribution is 6.34. The van der Waals surface area contributed by atoms with E-state index in [1.807, 2.05) is 6.07 Å². The molecule has 1 aliphatic rings. The molecular weight excluding hydrogens is 367 g/mol. The van der Waals surface area contributed by atoms with Gasteiger partial charge in [-0.2, -0.15) is 0 Å². The Bertz CT molecular complexity index is 984. The van der Waals surface area contributed by atoms with Gasteiger partial charge < -0.3 is 10.2 Å². The van der Waals surface area contributed by atoms with Gasteiger partial charge in [-0.05, 0) is 49.6 Å². The lowest BCUT2D eigenvalue weighted by Gasteiger charge is -2.28. The number of hydrogen-bond acceptors (Lipinski definition) is 4. The van der Waals surface area contributed by atoms with Crippen LogP contribution >= 0.6 is 11.6 Å². The van der Waals surface area contributed by atoms with Gasteiger partial charge in [-0.15, -0.1) is 0 Å². The van der Waals surface area contributed by atoms with Crippen LogP contribution in [-0.2, 0) is 0 Å². The van der Waals surface area contributed by atoms with E-state index < -0.39 is 11.7 Å². The van der Waals surface area contributed by atoms with Crippen LogP contribution in [0.5, 0.6) is 0 Å². The molecular formula is C20H18ClFN4O. The second kappa shape index (κ2) is 7.48. The predicted molar refractivity (Wildman–Crippen MR) is 105 cm³/mol. The Morgan fingerprint density at radius 1 is 1.11 bits per heavy atom. The molecule has 7 heteroatoms. The summed E-state index contributed by atoms with van der Waals surface area (Å²) in [6, 6.07) is 9.57. The zero-order valence-corrected chi connectivity index (χ0v) is 15.3. The van der Waals surface area contributed by atoms with Crippen molar-refractivity contribution in [3.05, 3.63) is 59.1 Å². The molecule has 1 aliphatic heterocycles. The maximum Gasteiger partial charge on any atom is 0.260 e. The lowest BCUT2D eigenvalue weighted by molar-refractivity contribution is 0.102. The molecule has 0 unspecified atom stereocenters. The number of rotatable bonds is 3. The Morgan fingerprint density at radius 2 is 1.93 bits per heavy atom. The number of amides is 1. The number of anilines is 2. The van der Waals surface area contributed by atoms with Crippen molar-refractivity contribution in [2.45, 2.75) is 19.3 Å². The monoisotopic (exact) mass is 384 g/mol. The number of hydrogen-bond donors (Lipinski definition) is 1. The van der Waals surface area contributed by atoms with E-state index in [1.165, 1.54) is 30.9 Å². The van der Waals surface area contributed by atoms with Crippen LogP contribution in [0.4, 0.5) is 15.9 Å². The van der Waals surface area contributed by atoms with Crippen LogP contribution in [0, 0.1) is 5.82 Å². The number of fused-ring (bicyclic) bond motifs is 1. The first-order valence-electron chi connectivity index (χ1n) is 8.88. The van der Waals surface area contributed by atoms with E-state index in [2.05, 4.69) is 20.2 Å². The molecule has 1 fully saturated rings. The molecule has 138 valence electrons. The molecule has 4 rings (SSSR count). The average Bonchev–Trinajstić information content (AvgIpc) is 2.68. The summed E-state index contributed by atoms with van der Waals surface area (Å²) in [5.41, 5.74) is 1.08. The second-order valence-electron chi connectivity index (χ2n) is 6.53. The SMILES string of the molecule is O=C(Nc1ccc2c(N3CCCCC3)ncnc2c1)c1c(F)cccc1Cl. The fourth-order valence-electron chi connectivity index (χ4n) is 3.39. The van der Waals surface area contributed by atoms with Gasteiger partial charge in [-0.3, -0.25) is 4.79 Å². The van der Waals surface area contributed by atoms with Crippen molar-refractivity contribution in [1.29, 1.82) is 0 Å². The number of piperidine rings is 1. The number of nitrogens with one attached hydrogen (secondary N) is 1. The van der Waals surface area contributed by atoms with Crippen molar-refractivity contribution in [3.8, 4) is 0 Å². The van der Waals surface area contributed by atoms with E-state index in [9.17, 15) is 9.18 Å². The fraction of sp³-hybridized carbons (Fsp3) is 0.250. The van der Waals surface area contributed by atoms with E-state index in [-0.39, 0.29) is 10.6 Å². The van der Waals surface area contributed by atoms with Gasteiger partial charge in [-0.1, -0.05) is 17.7 Å². The average molecular weight is 385 g/mol. The molecule has 1 aromatic heterocycles. The van der Waals surface area contributed by atoms with Crippen molar-refractivity contribution >= 4 is 39.9 Å². The third-order valence-corrected chi connectivity index (χ3v) is 5.03. The smallest absolute Gasteiger partial charge is 0.260 e. The molecule has 27 heavy (non-hydrogen) atoms. The molecule has 5 nitrogen and oxygen atoms in total. The molecule has 0 aliphatic carbocycles. The Labute approximate surface area is 161 Å². The van der Waals surface area contributed by atoms with Crippen LogP contribution in [0.1, 0.15) is 29.6 Å². The maximum atomic E-state index is 13.9. The van der Waals surface area contributed by atoms with Crippen LogP contribution < -0.4 is 10.2 Å². The summed E-state index contributed by atoms with van der Waals surface area (Å²) in [5, 5.41) is 3.70. The first-order valence-corrected chi connectivity index (χ1v) is 9.26. The molecule has 0 spiro atoms. The predicted octanol–water partition coefficient (Wildman–Crippen LogP) is 4.66. The van der Waals surface area contributed by atoms with Gasteiger partial charge in [0, 0.05) is 24.2 Å². The van der Waals surface area contributed by atoms with Gasteiger partial charge in [0.2, 0.25) is 0 Å². The normalized spacial score (nSPS) is 14.4. The summed E-state index contributed by atoms with van der Waals surface area (Å²) < 4.78 is 13.9. The highest BCUT2D eigenvalue weighted by Gasteiger charge is 2.18. The standard InChI is InChI=1S/C20H18ClFN4O/c21-15-5-4-6-16(22)18(15)20(27)25-13-7-8-14-17(11-13)23-12-24-19(14)26-9-2-1-3-10-26/h4-8,11-12H,1-3,9-10H2,(H,25,27). The minimum atomic E-state index is -0.657. The Balaban J connectivity index is 1.63. The summed E-state index contributed by atoms with van der Waals surface area (Å²) in [4.78, 5) is 23.5. The molecule has 1 amide bonds. The van der Waals surface area contributed by atoms with Gasteiger partial charge in [0.25, 0.3) is 5.91 Å². The van der Waals surface area contributed by atoms with Crippen molar-refractivity contribution in [2.75, 3.05) is 23.3 Å². The minimum Gasteiger partial charge on any atom is -0.356 e. The number of carbonyl (C=O) groups excluding carboxylic acids is 1. The Morgan fingerprint density at radius 3 is 2.70 bits per heavy atom. The molecule has 0 radical (unpaired) electrons. The van der Waals surface area contributed by atoms with Gasteiger partial charge >= 0.3 is 0 Å². The van der Waals surface area contributed by atoms with E-state index in [0.717, 1.165) is 42.7 Å². The lowest BCUT2D eigenvalue weighted by Crippen LogP contribution is -2.30. The maximum absolute atomic E-state index is 13.9. The molecule has 1 saturated heterocycles. The van der Waals surface area contributed by atoms with Gasteiger partial charge in [-0.25, -0.2) is 14.4 Å². The molecule has 1 N–H and O–H groups in total. The number of halogens is 2. The summed E-state index contributed by atoms with van der Waals surface area (Å²) in [5.74, 6) is -0.340. The summed E-state index contributed by atoms with van der Waals surface area (Å²) in [6.45, 7) is 1.97. The number of carbonyl (C=O) groups is 1. The summed E-state index contributed by atoms with van der Waals surface area (Å²) in [6.07, 6.45) is 5.09. The van der Waals surface area contributed by atoms with E-state index >= 15 is 0 Å². The highest BCUT2D eigenvalue weighted by Crippen LogP contribution is 2.28. The summed E-state index contributed by atoms with van der Waals surface area (Å²) >= 11 is 5.97. The third-order valence-electron chi connectivity index (χ3n) is 4.72. The zero-order chi connectivity index (χ0) is 18.8. The van der Waals surface area contributed by atoms with E-state index in [0.29, 0.717) is 5.69 Å². The Hall–Kier alpha value is -2.73. The topological polar surface area (TPSA) is 58.1 Å². The molecule has 0 saturated carbocycles. The number of benzene rings is 2. The van der Waals surface area contributed by atoms with Gasteiger partial charge in [0.1, 0.15) is 18.0 Å². The van der Waals surface area contributed by atoms with E-state index in [4.69, 9.17) is 11.6 Å². The number of aromatic nitrogens is 2. The van der Waals surface area contributed by atoms with E-state index in [1.54, 1.807) is 12.1 Å². The quantitative estimate of drug-likeness (QED) is 0.713. The highest BCUT2D eigenvalue weighted by atomic mass is 35.5. The first-order chi connectivity index (χ1) is 13.1. The van der Waals surface area contributed by atoms with Crippen LogP contribution in [0.3, 0.4) is 0 Å². The molecule has 3 aromatic rings. The molecule has 0 bridgehead atoms. The zero-order valence-electron chi connectivity index (χ0n) is 14.6. The van der Waals surface area contributed by atoms with Crippen LogP contribution in [0.15, 0.2) is 42.7 Å². The fourth-order valence-corrected chi connectivity index (χ4v) is 3.64. The van der Waals surface area contributed by atoms with Crippen LogP contribution in [0.25, 0.3) is 10.9 Å². The largest absolute Gasteiger partial charge is 0.356 e. The van der Waals surface area contributed by atoms with Crippen LogP contribution in [-0.4, -0.2) is 29.0 Å². The van der Waals surface area contributed by atoms with Crippen molar-refractivity contribution < 1.29 is 9.18 Å². The van der Waals surface area contributed by atoms with Crippen molar-refractivity contribution in [1.82, 2.24) is 9.97 Å². The minimum absolute atomic E-state index is 0.0722. The first kappa shape index (κ1) is 17.7. The lowest BCUT2D eigenvalue weighted by atomic mass is 10.1. The second-order valence-corrected chi connectivity index (χ2v) is 6.93. The molecule has 0 atom stereocenters. The molecule has 2 heterocycles. The van der Waals surface area contributed by atoms with Crippen molar-refractivity contribution in [3.63, 3.8) is 0 Å². The number of nitrogens with zero attached hydrogens (tertiary/aromatic N) is 3. The molecule has 2 aromatic carbocycles. The summed E-state index contributed by atoms with van der Waals surface area (Å²) in [7, 11) is 0.